The predicted octanol–water partition coefficient (Wildman–Crippen LogP) is 3.99. The second kappa shape index (κ2) is 6.55. The summed E-state index contributed by atoms with van der Waals surface area (Å²) in [7, 11) is 0. The highest BCUT2D eigenvalue weighted by Crippen LogP contribution is 2.30. The van der Waals surface area contributed by atoms with Crippen LogP contribution in [0.15, 0.2) is 67.0 Å². The Morgan fingerprint density at radius 3 is 2.44 bits per heavy atom. The average Bonchev–Trinajstić information content (AvgIpc) is 3.34. The minimum Gasteiger partial charge on any atom is -0.331 e. The van der Waals surface area contributed by atoms with Crippen LogP contribution in [0.3, 0.4) is 0 Å². The topological polar surface area (TPSA) is 38.1 Å². The van der Waals surface area contributed by atoms with E-state index in [4.69, 9.17) is 0 Å². The zero-order chi connectivity index (χ0) is 17.2. The molecule has 1 aliphatic carbocycles. The minimum absolute atomic E-state index is 0.107. The second-order valence-electron chi connectivity index (χ2n) is 6.65. The summed E-state index contributed by atoms with van der Waals surface area (Å²) in [4.78, 5) is 15.0. The summed E-state index contributed by atoms with van der Waals surface area (Å²) >= 11 is 0. The lowest BCUT2D eigenvalue weighted by atomic mass is 10.1. The van der Waals surface area contributed by atoms with Crippen molar-refractivity contribution in [2.75, 3.05) is 0 Å². The Balaban J connectivity index is 1.53. The summed E-state index contributed by atoms with van der Waals surface area (Å²) in [6, 6.07) is 18.3. The molecule has 4 heteroatoms. The smallest absolute Gasteiger partial charge is 0.254 e. The van der Waals surface area contributed by atoms with Gasteiger partial charge in [-0.05, 0) is 55.7 Å². The van der Waals surface area contributed by atoms with Gasteiger partial charge in [-0.3, -0.25) is 4.79 Å². The third-order valence-electron chi connectivity index (χ3n) is 4.61. The van der Waals surface area contributed by atoms with Gasteiger partial charge in [0.2, 0.25) is 0 Å². The van der Waals surface area contributed by atoms with Crippen molar-refractivity contribution in [1.29, 1.82) is 0 Å². The van der Waals surface area contributed by atoms with E-state index in [2.05, 4.69) is 36.3 Å². The number of nitrogens with zero attached hydrogens (tertiary/aromatic N) is 3. The van der Waals surface area contributed by atoms with Crippen LogP contribution in [0.4, 0.5) is 0 Å². The highest BCUT2D eigenvalue weighted by molar-refractivity contribution is 5.94. The van der Waals surface area contributed by atoms with Crippen molar-refractivity contribution in [3.05, 3.63) is 83.7 Å². The lowest BCUT2D eigenvalue weighted by Gasteiger charge is -2.23. The molecule has 4 nitrogen and oxygen atoms in total. The second-order valence-corrected chi connectivity index (χ2v) is 6.65. The molecule has 4 rings (SSSR count). The normalized spacial score (nSPS) is 13.6. The number of rotatable bonds is 5. The molecular weight excluding hydrogens is 310 g/mol. The minimum atomic E-state index is 0.107. The molecular formula is C21H21N3O. The fourth-order valence-corrected chi connectivity index (χ4v) is 2.99. The van der Waals surface area contributed by atoms with E-state index in [1.54, 1.807) is 10.9 Å². The highest BCUT2D eigenvalue weighted by Gasteiger charge is 2.33. The van der Waals surface area contributed by atoms with Crippen molar-refractivity contribution in [3.8, 4) is 5.69 Å². The van der Waals surface area contributed by atoms with Gasteiger partial charge in [0.1, 0.15) is 0 Å². The average molecular weight is 331 g/mol. The van der Waals surface area contributed by atoms with Crippen LogP contribution >= 0.6 is 0 Å². The summed E-state index contributed by atoms with van der Waals surface area (Å²) < 4.78 is 1.79. The fourth-order valence-electron chi connectivity index (χ4n) is 2.99. The molecule has 0 unspecified atom stereocenters. The van der Waals surface area contributed by atoms with Crippen LogP contribution in [0.2, 0.25) is 0 Å². The summed E-state index contributed by atoms with van der Waals surface area (Å²) in [6.45, 7) is 2.75. The van der Waals surface area contributed by atoms with Crippen molar-refractivity contribution in [3.63, 3.8) is 0 Å². The molecule has 0 saturated heterocycles. The molecule has 0 atom stereocenters. The number of amides is 1. The van der Waals surface area contributed by atoms with E-state index in [1.165, 1.54) is 11.1 Å². The zero-order valence-corrected chi connectivity index (χ0v) is 14.3. The molecule has 1 amide bonds. The summed E-state index contributed by atoms with van der Waals surface area (Å²) in [5.41, 5.74) is 4.11. The Bertz CT molecular complexity index is 847. The van der Waals surface area contributed by atoms with Gasteiger partial charge in [-0.15, -0.1) is 0 Å². The van der Waals surface area contributed by atoms with Crippen LogP contribution in [0, 0.1) is 6.92 Å². The van der Waals surface area contributed by atoms with E-state index in [9.17, 15) is 4.79 Å². The molecule has 126 valence electrons. The number of aryl methyl sites for hydroxylation is 1. The van der Waals surface area contributed by atoms with Crippen LogP contribution in [0.25, 0.3) is 5.69 Å². The first kappa shape index (κ1) is 15.6. The largest absolute Gasteiger partial charge is 0.331 e. The molecule has 0 bridgehead atoms. The van der Waals surface area contributed by atoms with Crippen molar-refractivity contribution in [2.24, 2.45) is 0 Å². The molecule has 0 N–H and O–H groups in total. The Labute approximate surface area is 147 Å². The van der Waals surface area contributed by atoms with Gasteiger partial charge in [0.25, 0.3) is 5.91 Å². The summed E-state index contributed by atoms with van der Waals surface area (Å²) in [5, 5.41) is 4.22. The molecule has 1 aromatic heterocycles. The Hall–Kier alpha value is -2.88. The number of benzene rings is 2. The predicted molar refractivity (Wildman–Crippen MR) is 97.6 cm³/mol. The lowest BCUT2D eigenvalue weighted by molar-refractivity contribution is 0.0730. The van der Waals surface area contributed by atoms with Crippen LogP contribution in [0.1, 0.15) is 34.3 Å². The Kier molecular flexibility index (Phi) is 4.10. The van der Waals surface area contributed by atoms with Crippen molar-refractivity contribution in [1.82, 2.24) is 14.7 Å². The van der Waals surface area contributed by atoms with Crippen molar-refractivity contribution < 1.29 is 4.79 Å². The zero-order valence-electron chi connectivity index (χ0n) is 14.3. The molecule has 0 radical (unpaired) electrons. The summed E-state index contributed by atoms with van der Waals surface area (Å²) in [5.74, 6) is 0.107. The number of carbonyl (C=O) groups is 1. The SMILES string of the molecule is Cc1ccc(CN(C(=O)c2ccc(-n3cccn3)cc2)C2CC2)cc1. The van der Waals surface area contributed by atoms with Gasteiger partial charge >= 0.3 is 0 Å². The first-order valence-electron chi connectivity index (χ1n) is 8.67. The van der Waals surface area contributed by atoms with Gasteiger partial charge in [0, 0.05) is 30.5 Å². The maximum atomic E-state index is 13.0. The maximum absolute atomic E-state index is 13.0. The highest BCUT2D eigenvalue weighted by atomic mass is 16.2. The Morgan fingerprint density at radius 1 is 1.12 bits per heavy atom. The number of hydrogen-bond donors (Lipinski definition) is 0. The van der Waals surface area contributed by atoms with Gasteiger partial charge in [0.05, 0.1) is 5.69 Å². The maximum Gasteiger partial charge on any atom is 0.254 e. The van der Waals surface area contributed by atoms with Crippen LogP contribution in [-0.4, -0.2) is 26.6 Å². The van der Waals surface area contributed by atoms with Crippen LogP contribution in [0.5, 0.6) is 0 Å². The summed E-state index contributed by atoms with van der Waals surface area (Å²) in [6.07, 6.45) is 5.84. The van der Waals surface area contributed by atoms with E-state index in [1.807, 2.05) is 41.4 Å². The van der Waals surface area contributed by atoms with Gasteiger partial charge in [-0.2, -0.15) is 5.10 Å². The first-order chi connectivity index (χ1) is 12.2. The van der Waals surface area contributed by atoms with E-state index < -0.39 is 0 Å². The van der Waals surface area contributed by atoms with Gasteiger partial charge in [-0.25, -0.2) is 4.68 Å². The van der Waals surface area contributed by atoms with E-state index in [0.29, 0.717) is 12.6 Å². The molecule has 0 spiro atoms. The van der Waals surface area contributed by atoms with Gasteiger partial charge in [-0.1, -0.05) is 29.8 Å². The number of carbonyl (C=O) groups excluding carboxylic acids is 1. The molecule has 3 aromatic rings. The molecule has 25 heavy (non-hydrogen) atoms. The molecule has 1 heterocycles. The third kappa shape index (κ3) is 3.48. The fraction of sp³-hybridized carbons (Fsp3) is 0.238. The van der Waals surface area contributed by atoms with E-state index >= 15 is 0 Å². The van der Waals surface area contributed by atoms with Gasteiger partial charge < -0.3 is 4.90 Å². The number of aromatic nitrogens is 2. The molecule has 1 fully saturated rings. The van der Waals surface area contributed by atoms with E-state index in [-0.39, 0.29) is 5.91 Å². The van der Waals surface area contributed by atoms with Gasteiger partial charge in [0.15, 0.2) is 0 Å². The first-order valence-corrected chi connectivity index (χ1v) is 8.67. The van der Waals surface area contributed by atoms with E-state index in [0.717, 1.165) is 24.1 Å². The monoisotopic (exact) mass is 331 g/mol. The number of hydrogen-bond acceptors (Lipinski definition) is 2. The molecule has 1 saturated carbocycles. The van der Waals surface area contributed by atoms with Crippen molar-refractivity contribution >= 4 is 5.91 Å². The molecule has 2 aromatic carbocycles. The lowest BCUT2D eigenvalue weighted by Crippen LogP contribution is -2.32. The quantitative estimate of drug-likeness (QED) is 0.709. The molecule has 0 aliphatic heterocycles. The Morgan fingerprint density at radius 2 is 1.84 bits per heavy atom. The van der Waals surface area contributed by atoms with Crippen LogP contribution < -0.4 is 0 Å². The van der Waals surface area contributed by atoms with Crippen LogP contribution in [-0.2, 0) is 6.54 Å². The standard InChI is InChI=1S/C21H21N3O/c1-16-3-5-17(6-4-16)15-23(19-11-12-19)21(25)18-7-9-20(10-8-18)24-14-2-13-22-24/h2-10,13-14,19H,11-12,15H2,1H3. The van der Waals surface area contributed by atoms with Crippen molar-refractivity contribution in [2.45, 2.75) is 32.4 Å². The molecule has 1 aliphatic rings. The third-order valence-corrected chi connectivity index (χ3v) is 4.61.